The average molecular weight is 609 g/mol. The Morgan fingerprint density at radius 2 is 0.907 bits per heavy atom. The fraction of sp³-hybridized carbons (Fsp3) is 0.923. The van der Waals surface area contributed by atoms with Crippen LogP contribution in [0.25, 0.3) is 0 Å². The maximum absolute atomic E-state index is 12.2. The summed E-state index contributed by atoms with van der Waals surface area (Å²) in [6, 6.07) is 0. The fourth-order valence-electron chi connectivity index (χ4n) is 5.68. The quantitative estimate of drug-likeness (QED) is 0.0437. The van der Waals surface area contributed by atoms with Gasteiger partial charge in [-0.25, -0.2) is 0 Å². The number of rotatable bonds is 36. The highest BCUT2D eigenvalue weighted by Gasteiger charge is 2.13. The third kappa shape index (κ3) is 35.5. The average Bonchev–Trinajstić information content (AvgIpc) is 3.01. The molecule has 1 N–H and O–H groups in total. The van der Waals surface area contributed by atoms with E-state index < -0.39 is 6.10 Å². The van der Waals surface area contributed by atoms with Crippen LogP contribution < -0.4 is 0 Å². The zero-order valence-electron chi connectivity index (χ0n) is 29.2. The van der Waals surface area contributed by atoms with E-state index in [2.05, 4.69) is 26.0 Å². The molecule has 0 rings (SSSR count). The first-order valence-electron chi connectivity index (χ1n) is 19.3. The molecule has 0 saturated carbocycles. The predicted molar refractivity (Wildman–Crippen MR) is 187 cm³/mol. The van der Waals surface area contributed by atoms with Gasteiger partial charge in [0.1, 0.15) is 6.10 Å². The number of esters is 1. The smallest absolute Gasteiger partial charge is 0.306 e. The topological polar surface area (TPSA) is 55.8 Å². The van der Waals surface area contributed by atoms with Gasteiger partial charge >= 0.3 is 5.97 Å². The van der Waals surface area contributed by atoms with Crippen LogP contribution in [-0.4, -0.2) is 37.0 Å². The molecule has 0 aromatic rings. The molecular weight excluding hydrogens is 532 g/mol. The molecule has 1 atom stereocenters. The van der Waals surface area contributed by atoms with E-state index in [-0.39, 0.29) is 12.6 Å². The summed E-state index contributed by atoms with van der Waals surface area (Å²) in [5, 5.41) is 9.56. The SMILES string of the molecule is CCCCC/C=C\CCCCCCCCOCC(CO)OC(=O)CCCCCCCCCCCCCCCCCCCC. The molecule has 0 radical (unpaired) electrons. The van der Waals surface area contributed by atoms with E-state index >= 15 is 0 Å². The first kappa shape index (κ1) is 42.1. The lowest BCUT2D eigenvalue weighted by Gasteiger charge is -2.15. The van der Waals surface area contributed by atoms with Gasteiger partial charge in [0.05, 0.1) is 13.2 Å². The van der Waals surface area contributed by atoms with Gasteiger partial charge in [0.15, 0.2) is 0 Å². The number of carbonyl (C=O) groups is 1. The van der Waals surface area contributed by atoms with Gasteiger partial charge in [0, 0.05) is 13.0 Å². The highest BCUT2D eigenvalue weighted by molar-refractivity contribution is 5.69. The van der Waals surface area contributed by atoms with Gasteiger partial charge < -0.3 is 14.6 Å². The molecule has 0 bridgehead atoms. The van der Waals surface area contributed by atoms with Crippen LogP contribution in [0.1, 0.15) is 206 Å². The summed E-state index contributed by atoms with van der Waals surface area (Å²) < 4.78 is 11.1. The summed E-state index contributed by atoms with van der Waals surface area (Å²) in [6.07, 6.45) is 42.5. The van der Waals surface area contributed by atoms with Crippen molar-refractivity contribution in [3.05, 3.63) is 12.2 Å². The van der Waals surface area contributed by atoms with Crippen LogP contribution in [0.3, 0.4) is 0 Å². The summed E-state index contributed by atoms with van der Waals surface area (Å²) >= 11 is 0. The third-order valence-electron chi connectivity index (χ3n) is 8.59. The van der Waals surface area contributed by atoms with E-state index in [1.165, 1.54) is 167 Å². The maximum Gasteiger partial charge on any atom is 0.306 e. The summed E-state index contributed by atoms with van der Waals surface area (Å²) in [4.78, 5) is 12.2. The van der Waals surface area contributed by atoms with Gasteiger partial charge in [-0.15, -0.1) is 0 Å². The lowest BCUT2D eigenvalue weighted by Crippen LogP contribution is -2.27. The number of allylic oxidation sites excluding steroid dienone is 2. The van der Waals surface area contributed by atoms with E-state index in [1.807, 2.05) is 0 Å². The molecule has 0 aliphatic heterocycles. The molecule has 0 amide bonds. The second-order valence-corrected chi connectivity index (χ2v) is 13.0. The van der Waals surface area contributed by atoms with Gasteiger partial charge in [0.25, 0.3) is 0 Å². The van der Waals surface area contributed by atoms with Crippen LogP contribution in [-0.2, 0) is 14.3 Å². The zero-order chi connectivity index (χ0) is 31.3. The van der Waals surface area contributed by atoms with E-state index in [0.29, 0.717) is 19.6 Å². The summed E-state index contributed by atoms with van der Waals surface area (Å²) in [6.45, 7) is 5.34. The van der Waals surface area contributed by atoms with Crippen molar-refractivity contribution in [2.75, 3.05) is 19.8 Å². The molecule has 0 aliphatic rings. The monoisotopic (exact) mass is 609 g/mol. The Bertz CT molecular complexity index is 561. The Kier molecular flexibility index (Phi) is 36.6. The molecule has 0 aromatic carbocycles. The number of aliphatic hydroxyl groups excluding tert-OH is 1. The van der Waals surface area contributed by atoms with E-state index in [1.54, 1.807) is 0 Å². The van der Waals surface area contributed by atoms with Crippen molar-refractivity contribution in [1.29, 1.82) is 0 Å². The summed E-state index contributed by atoms with van der Waals surface area (Å²) in [5.41, 5.74) is 0. The number of hydrogen-bond donors (Lipinski definition) is 1. The minimum atomic E-state index is -0.530. The minimum Gasteiger partial charge on any atom is -0.457 e. The number of carbonyl (C=O) groups excluding carboxylic acids is 1. The molecule has 4 nitrogen and oxygen atoms in total. The Labute approximate surface area is 269 Å². The Balaban J connectivity index is 3.39. The van der Waals surface area contributed by atoms with Gasteiger partial charge in [-0.2, -0.15) is 0 Å². The predicted octanol–water partition coefficient (Wildman–Crippen LogP) is 12.2. The standard InChI is InChI=1S/C39H76O4/c1-3-5-7-9-11-13-15-17-18-19-20-21-22-24-26-28-30-32-34-39(41)43-38(36-40)37-42-35-33-31-29-27-25-23-16-14-12-10-8-6-4-2/h12,14,38,40H,3-11,13,15-37H2,1-2H3/b14-12-. The molecule has 4 heteroatoms. The highest BCUT2D eigenvalue weighted by Crippen LogP contribution is 2.15. The lowest BCUT2D eigenvalue weighted by molar-refractivity contribution is -0.154. The minimum absolute atomic E-state index is 0.169. The number of aliphatic hydroxyl groups is 1. The molecule has 1 unspecified atom stereocenters. The highest BCUT2D eigenvalue weighted by atomic mass is 16.6. The van der Waals surface area contributed by atoms with Crippen molar-refractivity contribution in [1.82, 2.24) is 0 Å². The fourth-order valence-corrected chi connectivity index (χ4v) is 5.68. The second-order valence-electron chi connectivity index (χ2n) is 13.0. The third-order valence-corrected chi connectivity index (χ3v) is 8.59. The van der Waals surface area contributed by atoms with Crippen LogP contribution >= 0.6 is 0 Å². The molecule has 0 heterocycles. The van der Waals surface area contributed by atoms with Crippen molar-refractivity contribution in [2.24, 2.45) is 0 Å². The van der Waals surface area contributed by atoms with Crippen LogP contribution in [0.15, 0.2) is 12.2 Å². The molecule has 0 spiro atoms. The molecule has 43 heavy (non-hydrogen) atoms. The molecular formula is C39H76O4. The number of unbranched alkanes of at least 4 members (excludes halogenated alkanes) is 26. The first-order chi connectivity index (χ1) is 21.2. The Hall–Kier alpha value is -0.870. The van der Waals surface area contributed by atoms with Gasteiger partial charge in [-0.05, 0) is 38.5 Å². The zero-order valence-corrected chi connectivity index (χ0v) is 29.2. The van der Waals surface area contributed by atoms with Gasteiger partial charge in [-0.1, -0.05) is 174 Å². The Morgan fingerprint density at radius 1 is 0.535 bits per heavy atom. The van der Waals surface area contributed by atoms with E-state index in [4.69, 9.17) is 9.47 Å². The van der Waals surface area contributed by atoms with Crippen molar-refractivity contribution in [2.45, 2.75) is 213 Å². The van der Waals surface area contributed by atoms with Gasteiger partial charge in [-0.3, -0.25) is 4.79 Å². The van der Waals surface area contributed by atoms with E-state index in [9.17, 15) is 9.90 Å². The number of hydrogen-bond acceptors (Lipinski definition) is 4. The Morgan fingerprint density at radius 3 is 1.37 bits per heavy atom. The van der Waals surface area contributed by atoms with Crippen molar-refractivity contribution in [3.63, 3.8) is 0 Å². The molecule has 0 aliphatic carbocycles. The van der Waals surface area contributed by atoms with Crippen LogP contribution in [0.4, 0.5) is 0 Å². The van der Waals surface area contributed by atoms with Gasteiger partial charge in [0.2, 0.25) is 0 Å². The van der Waals surface area contributed by atoms with Crippen LogP contribution in [0.5, 0.6) is 0 Å². The van der Waals surface area contributed by atoms with Crippen LogP contribution in [0.2, 0.25) is 0 Å². The molecule has 0 saturated heterocycles. The lowest BCUT2D eigenvalue weighted by atomic mass is 10.0. The molecule has 0 fully saturated rings. The largest absolute Gasteiger partial charge is 0.457 e. The normalized spacial score (nSPS) is 12.3. The number of ether oxygens (including phenoxy) is 2. The molecule has 0 aromatic heterocycles. The first-order valence-corrected chi connectivity index (χ1v) is 19.3. The maximum atomic E-state index is 12.2. The van der Waals surface area contributed by atoms with Crippen molar-refractivity contribution < 1.29 is 19.4 Å². The summed E-state index contributed by atoms with van der Waals surface area (Å²) in [5.74, 6) is -0.199. The van der Waals surface area contributed by atoms with E-state index in [0.717, 1.165) is 19.3 Å². The second kappa shape index (κ2) is 37.3. The summed E-state index contributed by atoms with van der Waals surface area (Å²) in [7, 11) is 0. The van der Waals surface area contributed by atoms with Crippen molar-refractivity contribution in [3.8, 4) is 0 Å². The van der Waals surface area contributed by atoms with Crippen LogP contribution in [0, 0.1) is 0 Å². The van der Waals surface area contributed by atoms with Crippen molar-refractivity contribution >= 4 is 5.97 Å². The molecule has 256 valence electrons.